The number of nitriles is 1. The quantitative estimate of drug-likeness (QED) is 0.262. The van der Waals surface area contributed by atoms with E-state index in [9.17, 15) is 5.26 Å². The summed E-state index contributed by atoms with van der Waals surface area (Å²) in [6.07, 6.45) is 15.9. The van der Waals surface area contributed by atoms with Gasteiger partial charge in [0.05, 0.1) is 30.6 Å². The predicted octanol–water partition coefficient (Wildman–Crippen LogP) is 4.95. The first-order valence-electron chi connectivity index (χ1n) is 14.2. The van der Waals surface area contributed by atoms with Crippen molar-refractivity contribution in [2.24, 2.45) is 7.05 Å². The molecule has 0 saturated heterocycles. The molecule has 42 heavy (non-hydrogen) atoms. The summed E-state index contributed by atoms with van der Waals surface area (Å²) in [6, 6.07) is 13.3. The lowest BCUT2D eigenvalue weighted by atomic mass is 9.88. The molecule has 5 aromatic rings. The third kappa shape index (κ3) is 5.31. The first-order valence-corrected chi connectivity index (χ1v) is 14.2. The van der Waals surface area contributed by atoms with Crippen LogP contribution in [0, 0.1) is 11.3 Å². The van der Waals surface area contributed by atoms with Crippen LogP contribution in [0.2, 0.25) is 0 Å². The number of hydrogen-bond acceptors (Lipinski definition) is 8. The Labute approximate surface area is 245 Å². The summed E-state index contributed by atoms with van der Waals surface area (Å²) in [4.78, 5) is 14.1. The van der Waals surface area contributed by atoms with Gasteiger partial charge in [0, 0.05) is 85.8 Å². The van der Waals surface area contributed by atoms with E-state index in [4.69, 9.17) is 9.72 Å². The normalized spacial score (nSPS) is 17.0. The average Bonchev–Trinajstić information content (AvgIpc) is 3.66. The fourth-order valence-electron chi connectivity index (χ4n) is 6.16. The molecule has 10 nitrogen and oxygen atoms in total. The topological polar surface area (TPSA) is 100 Å². The van der Waals surface area contributed by atoms with Gasteiger partial charge in [0.15, 0.2) is 0 Å². The highest BCUT2D eigenvalue weighted by molar-refractivity contribution is 5.87. The van der Waals surface area contributed by atoms with Gasteiger partial charge >= 0.3 is 0 Å². The molecular formula is C32H35N9O. The molecule has 214 valence electrons. The molecule has 6 rings (SSSR count). The van der Waals surface area contributed by atoms with Gasteiger partial charge in [0.1, 0.15) is 11.9 Å². The predicted molar refractivity (Wildman–Crippen MR) is 162 cm³/mol. The molecule has 0 amide bonds. The van der Waals surface area contributed by atoms with Gasteiger partial charge in [-0.25, -0.2) is 14.5 Å². The number of aryl methyl sites for hydroxylation is 1. The Bertz CT molecular complexity index is 1720. The van der Waals surface area contributed by atoms with Crippen LogP contribution in [0.5, 0.6) is 5.88 Å². The number of hydrogen-bond donors (Lipinski definition) is 0. The lowest BCUT2D eigenvalue weighted by Gasteiger charge is -2.43. The second-order valence-corrected chi connectivity index (χ2v) is 11.1. The fourth-order valence-corrected chi connectivity index (χ4v) is 6.16. The molecule has 0 aliphatic heterocycles. The lowest BCUT2D eigenvalue weighted by molar-refractivity contribution is 0.159. The van der Waals surface area contributed by atoms with Gasteiger partial charge in [0.2, 0.25) is 5.88 Å². The van der Waals surface area contributed by atoms with E-state index in [-0.39, 0.29) is 0 Å². The van der Waals surface area contributed by atoms with Crippen molar-refractivity contribution in [2.45, 2.75) is 44.3 Å². The van der Waals surface area contributed by atoms with E-state index in [1.165, 1.54) is 18.4 Å². The molecule has 0 spiro atoms. The molecule has 1 fully saturated rings. The first-order chi connectivity index (χ1) is 20.4. The van der Waals surface area contributed by atoms with Crippen LogP contribution in [0.4, 0.5) is 5.82 Å². The van der Waals surface area contributed by atoms with Crippen LogP contribution in [-0.4, -0.2) is 67.6 Å². The zero-order chi connectivity index (χ0) is 29.2. The summed E-state index contributed by atoms with van der Waals surface area (Å²) in [5, 5.41) is 18.6. The highest BCUT2D eigenvalue weighted by atomic mass is 16.5. The molecule has 0 radical (unpaired) electrons. The number of rotatable bonds is 8. The maximum Gasteiger partial charge on any atom is 0.212 e. The van der Waals surface area contributed by atoms with E-state index in [1.807, 2.05) is 44.1 Å². The molecule has 2 atom stereocenters. The van der Waals surface area contributed by atoms with Gasteiger partial charge in [-0.1, -0.05) is 18.9 Å². The molecule has 0 bridgehead atoms. The van der Waals surface area contributed by atoms with E-state index in [0.29, 0.717) is 23.5 Å². The van der Waals surface area contributed by atoms with Gasteiger partial charge in [0.25, 0.3) is 0 Å². The molecule has 0 N–H and O–H groups in total. The Morgan fingerprint density at radius 3 is 2.43 bits per heavy atom. The largest absolute Gasteiger partial charge is 0.481 e. The second kappa shape index (κ2) is 11.6. The number of ether oxygens (including phenoxy) is 1. The Kier molecular flexibility index (Phi) is 7.59. The summed E-state index contributed by atoms with van der Waals surface area (Å²) in [6.45, 7) is 0.828. The van der Waals surface area contributed by atoms with Crippen LogP contribution in [0.3, 0.4) is 0 Å². The first kappa shape index (κ1) is 27.4. The molecular weight excluding hydrogens is 526 g/mol. The average molecular weight is 562 g/mol. The van der Waals surface area contributed by atoms with Crippen LogP contribution in [0.25, 0.3) is 27.8 Å². The van der Waals surface area contributed by atoms with Crippen molar-refractivity contribution in [2.75, 3.05) is 26.1 Å². The molecule has 1 saturated carbocycles. The number of fused-ring (bicyclic) bond motifs is 1. The minimum atomic E-state index is 0.342. The smallest absolute Gasteiger partial charge is 0.212 e. The molecule has 1 aliphatic rings. The zero-order valence-corrected chi connectivity index (χ0v) is 24.5. The fraction of sp³-hybridized carbons (Fsp3) is 0.344. The van der Waals surface area contributed by atoms with E-state index < -0.39 is 0 Å². The Morgan fingerprint density at radius 2 is 1.76 bits per heavy atom. The van der Waals surface area contributed by atoms with Crippen molar-refractivity contribution in [1.82, 2.24) is 34.3 Å². The van der Waals surface area contributed by atoms with Gasteiger partial charge in [-0.05, 0) is 43.7 Å². The summed E-state index contributed by atoms with van der Waals surface area (Å²) >= 11 is 0. The SMILES string of the molecule is COc1ccc(CN(C)[C@H]2CCCC[C@@H]2N(C)c2ccc(-c3cc(-c4cnn(C)c4)cn4ncc(C#N)c34)cn2)cn1. The number of nitrogens with zero attached hydrogens (tertiary/aromatic N) is 9. The van der Waals surface area contributed by atoms with Crippen LogP contribution in [-0.2, 0) is 13.6 Å². The standard InChI is InChI=1S/C32H35N9O/c1-38(19-22-9-12-31(42-4)35-15-22)28-7-5-6-8-29(28)40(3)30-11-10-23(16-34-30)27-13-24(26-18-36-39(2)20-26)21-41-32(27)25(14-33)17-37-41/h9-13,15-18,20-21,28-29H,5-8,19H2,1-4H3/t28-,29-/m0/s1. The summed E-state index contributed by atoms with van der Waals surface area (Å²) in [5.74, 6) is 1.57. The molecule has 1 aliphatic carbocycles. The minimum Gasteiger partial charge on any atom is -0.481 e. The van der Waals surface area contributed by atoms with Gasteiger partial charge in [-0.2, -0.15) is 15.5 Å². The van der Waals surface area contributed by atoms with Crippen LogP contribution in [0.15, 0.2) is 67.5 Å². The van der Waals surface area contributed by atoms with E-state index in [2.05, 4.69) is 69.4 Å². The van der Waals surface area contributed by atoms with Gasteiger partial charge in [-0.15, -0.1) is 0 Å². The van der Waals surface area contributed by atoms with E-state index >= 15 is 0 Å². The van der Waals surface area contributed by atoms with E-state index in [0.717, 1.165) is 53.0 Å². The zero-order valence-electron chi connectivity index (χ0n) is 24.5. The molecule has 0 unspecified atom stereocenters. The molecule has 5 aromatic heterocycles. The van der Waals surface area contributed by atoms with Crippen LogP contribution >= 0.6 is 0 Å². The monoisotopic (exact) mass is 561 g/mol. The van der Waals surface area contributed by atoms with Crippen molar-refractivity contribution in [3.05, 3.63) is 78.6 Å². The summed E-state index contributed by atoms with van der Waals surface area (Å²) in [7, 11) is 7.89. The molecule has 0 aromatic carbocycles. The number of aromatic nitrogens is 6. The lowest BCUT2D eigenvalue weighted by Crippen LogP contribution is -2.51. The number of pyridine rings is 3. The maximum absolute atomic E-state index is 9.78. The number of anilines is 1. The molecule has 5 heterocycles. The van der Waals surface area contributed by atoms with E-state index in [1.54, 1.807) is 22.5 Å². The Hall–Kier alpha value is -4.75. The highest BCUT2D eigenvalue weighted by Gasteiger charge is 2.32. The van der Waals surface area contributed by atoms with Crippen molar-refractivity contribution < 1.29 is 4.74 Å². The Balaban J connectivity index is 1.27. The third-order valence-corrected chi connectivity index (χ3v) is 8.39. The molecule has 10 heteroatoms. The van der Waals surface area contributed by atoms with Crippen molar-refractivity contribution in [1.29, 1.82) is 5.26 Å². The second-order valence-electron chi connectivity index (χ2n) is 11.1. The van der Waals surface area contributed by atoms with Crippen molar-refractivity contribution >= 4 is 11.3 Å². The maximum atomic E-state index is 9.78. The van der Waals surface area contributed by atoms with Crippen molar-refractivity contribution in [3.8, 4) is 34.2 Å². The van der Waals surface area contributed by atoms with Crippen molar-refractivity contribution in [3.63, 3.8) is 0 Å². The number of likely N-dealkylation sites (N-methyl/N-ethyl adjacent to an activating group) is 2. The van der Waals surface area contributed by atoms with Crippen LogP contribution in [0.1, 0.15) is 36.8 Å². The summed E-state index contributed by atoms with van der Waals surface area (Å²) < 4.78 is 8.77. The highest BCUT2D eigenvalue weighted by Crippen LogP contribution is 2.34. The van der Waals surface area contributed by atoms with Gasteiger partial charge in [-0.3, -0.25) is 9.58 Å². The Morgan fingerprint density at radius 1 is 0.929 bits per heavy atom. The van der Waals surface area contributed by atoms with Crippen LogP contribution < -0.4 is 9.64 Å². The van der Waals surface area contributed by atoms with Gasteiger partial charge < -0.3 is 9.64 Å². The summed E-state index contributed by atoms with van der Waals surface area (Å²) in [5.41, 5.74) is 6.28. The number of methoxy groups -OCH3 is 1. The minimum absolute atomic E-state index is 0.342. The third-order valence-electron chi connectivity index (χ3n) is 8.39.